The minimum atomic E-state index is -0.0273. The van der Waals surface area contributed by atoms with Gasteiger partial charge in [-0.05, 0) is 20.3 Å². The Morgan fingerprint density at radius 3 is 2.64 bits per heavy atom. The monoisotopic (exact) mass is 302 g/mol. The van der Waals surface area contributed by atoms with Crippen LogP contribution >= 0.6 is 0 Å². The van der Waals surface area contributed by atoms with Gasteiger partial charge < -0.3 is 14.7 Å². The molecule has 118 valence electrons. The highest BCUT2D eigenvalue weighted by molar-refractivity contribution is 5.73. The van der Waals surface area contributed by atoms with Gasteiger partial charge in [-0.2, -0.15) is 4.98 Å². The molecule has 0 atom stereocenters. The van der Waals surface area contributed by atoms with E-state index in [1.165, 1.54) is 0 Å². The predicted molar refractivity (Wildman–Crippen MR) is 84.4 cm³/mol. The fourth-order valence-electron chi connectivity index (χ4n) is 2.12. The molecule has 1 heterocycles. The second-order valence-electron chi connectivity index (χ2n) is 4.89. The number of carbonyl (C=O) groups excluding carboxylic acids is 1. The van der Waals surface area contributed by atoms with Crippen molar-refractivity contribution >= 4 is 6.03 Å². The van der Waals surface area contributed by atoms with Crippen molar-refractivity contribution in [2.45, 2.75) is 26.7 Å². The van der Waals surface area contributed by atoms with Crippen molar-refractivity contribution in [1.82, 2.24) is 20.4 Å². The molecule has 6 nitrogen and oxygen atoms in total. The van der Waals surface area contributed by atoms with E-state index in [0.29, 0.717) is 37.8 Å². The summed E-state index contributed by atoms with van der Waals surface area (Å²) in [7, 11) is 0. The Bertz CT molecular complexity index is 579. The van der Waals surface area contributed by atoms with Crippen molar-refractivity contribution in [3.8, 4) is 11.4 Å². The first-order valence-corrected chi connectivity index (χ1v) is 7.65. The number of aryl methyl sites for hydroxylation is 1. The zero-order valence-corrected chi connectivity index (χ0v) is 13.1. The van der Waals surface area contributed by atoms with Gasteiger partial charge in [0.15, 0.2) is 0 Å². The first-order chi connectivity index (χ1) is 10.7. The smallest absolute Gasteiger partial charge is 0.317 e. The summed E-state index contributed by atoms with van der Waals surface area (Å²) in [6.45, 7) is 5.95. The molecule has 0 unspecified atom stereocenters. The summed E-state index contributed by atoms with van der Waals surface area (Å²) in [4.78, 5) is 17.9. The third-order valence-corrected chi connectivity index (χ3v) is 3.39. The van der Waals surface area contributed by atoms with Crippen molar-refractivity contribution < 1.29 is 9.32 Å². The van der Waals surface area contributed by atoms with Gasteiger partial charge in [-0.25, -0.2) is 4.79 Å². The van der Waals surface area contributed by atoms with Gasteiger partial charge in [0.05, 0.1) is 0 Å². The van der Waals surface area contributed by atoms with Crippen molar-refractivity contribution in [2.24, 2.45) is 0 Å². The van der Waals surface area contributed by atoms with E-state index in [1.807, 2.05) is 44.2 Å². The summed E-state index contributed by atoms with van der Waals surface area (Å²) in [6, 6.07) is 9.68. The second kappa shape index (κ2) is 8.17. The molecule has 1 aromatic carbocycles. The molecular weight excluding hydrogens is 280 g/mol. The van der Waals surface area contributed by atoms with Gasteiger partial charge in [-0.1, -0.05) is 35.5 Å². The number of rotatable bonds is 7. The van der Waals surface area contributed by atoms with E-state index < -0.39 is 0 Å². The highest BCUT2D eigenvalue weighted by Gasteiger charge is 2.10. The molecular formula is C16H22N4O2. The number of carbonyl (C=O) groups is 1. The fourth-order valence-corrected chi connectivity index (χ4v) is 2.12. The van der Waals surface area contributed by atoms with Crippen LogP contribution in [0.1, 0.15) is 26.2 Å². The van der Waals surface area contributed by atoms with Crippen LogP contribution in [0, 0.1) is 0 Å². The first kappa shape index (κ1) is 16.0. The number of nitrogens with zero attached hydrogens (tertiary/aromatic N) is 3. The van der Waals surface area contributed by atoms with Crippen LogP contribution in [0.3, 0.4) is 0 Å². The quantitative estimate of drug-likeness (QED) is 0.798. The average molecular weight is 302 g/mol. The van der Waals surface area contributed by atoms with Crippen molar-refractivity contribution in [1.29, 1.82) is 0 Å². The molecule has 1 aromatic heterocycles. The molecule has 0 saturated heterocycles. The summed E-state index contributed by atoms with van der Waals surface area (Å²) >= 11 is 0. The lowest BCUT2D eigenvalue weighted by atomic mass is 10.2. The Morgan fingerprint density at radius 1 is 1.23 bits per heavy atom. The summed E-state index contributed by atoms with van der Waals surface area (Å²) < 4.78 is 5.23. The number of aromatic nitrogens is 2. The van der Waals surface area contributed by atoms with Crippen LogP contribution in [0.4, 0.5) is 4.79 Å². The van der Waals surface area contributed by atoms with Gasteiger partial charge in [0.2, 0.25) is 11.7 Å². The maximum absolute atomic E-state index is 11.8. The SMILES string of the molecule is CCN(CC)C(=O)NCCCc1nc(-c2ccccc2)no1. The Balaban J connectivity index is 1.76. The van der Waals surface area contributed by atoms with E-state index in [9.17, 15) is 4.79 Å². The molecule has 0 bridgehead atoms. The molecule has 0 radical (unpaired) electrons. The average Bonchev–Trinajstić information content (AvgIpc) is 3.02. The van der Waals surface area contributed by atoms with E-state index in [1.54, 1.807) is 4.90 Å². The summed E-state index contributed by atoms with van der Waals surface area (Å²) in [5, 5.41) is 6.86. The third-order valence-electron chi connectivity index (χ3n) is 3.39. The normalized spacial score (nSPS) is 10.5. The molecule has 0 fully saturated rings. The van der Waals surface area contributed by atoms with Gasteiger partial charge in [0.1, 0.15) is 0 Å². The van der Waals surface area contributed by atoms with Gasteiger partial charge in [0, 0.05) is 31.6 Å². The summed E-state index contributed by atoms with van der Waals surface area (Å²) in [5.74, 6) is 1.19. The minimum Gasteiger partial charge on any atom is -0.339 e. The van der Waals surface area contributed by atoms with Crippen LogP contribution in [0.5, 0.6) is 0 Å². The molecule has 0 aliphatic rings. The van der Waals surface area contributed by atoms with Crippen LogP contribution in [0.15, 0.2) is 34.9 Å². The molecule has 0 spiro atoms. The Morgan fingerprint density at radius 2 is 1.95 bits per heavy atom. The molecule has 22 heavy (non-hydrogen) atoms. The summed E-state index contributed by atoms with van der Waals surface area (Å²) in [6.07, 6.45) is 1.42. The van der Waals surface area contributed by atoms with Gasteiger partial charge in [0.25, 0.3) is 0 Å². The maximum Gasteiger partial charge on any atom is 0.317 e. The van der Waals surface area contributed by atoms with E-state index in [0.717, 1.165) is 12.0 Å². The van der Waals surface area contributed by atoms with Crippen molar-refractivity contribution in [3.63, 3.8) is 0 Å². The van der Waals surface area contributed by atoms with Crippen LogP contribution < -0.4 is 5.32 Å². The molecule has 0 aliphatic carbocycles. The molecule has 2 rings (SSSR count). The van der Waals surface area contributed by atoms with E-state index in [-0.39, 0.29) is 6.03 Å². The number of amides is 2. The molecule has 1 N–H and O–H groups in total. The van der Waals surface area contributed by atoms with Crippen LogP contribution in [0.2, 0.25) is 0 Å². The zero-order chi connectivity index (χ0) is 15.8. The lowest BCUT2D eigenvalue weighted by Crippen LogP contribution is -2.40. The number of benzene rings is 1. The standard InChI is InChI=1S/C16H22N4O2/c1-3-20(4-2)16(21)17-12-8-11-14-18-15(19-22-14)13-9-6-5-7-10-13/h5-7,9-10H,3-4,8,11-12H2,1-2H3,(H,17,21). The number of hydrogen-bond acceptors (Lipinski definition) is 4. The Hall–Kier alpha value is -2.37. The van der Waals surface area contributed by atoms with Gasteiger partial charge in [-0.15, -0.1) is 0 Å². The Labute approximate surface area is 130 Å². The lowest BCUT2D eigenvalue weighted by Gasteiger charge is -2.18. The van der Waals surface area contributed by atoms with Crippen LogP contribution in [0.25, 0.3) is 11.4 Å². The minimum absolute atomic E-state index is 0.0273. The van der Waals surface area contributed by atoms with E-state index >= 15 is 0 Å². The topological polar surface area (TPSA) is 71.3 Å². The van der Waals surface area contributed by atoms with Crippen molar-refractivity contribution in [3.05, 3.63) is 36.2 Å². The highest BCUT2D eigenvalue weighted by atomic mass is 16.5. The van der Waals surface area contributed by atoms with Crippen LogP contribution in [-0.2, 0) is 6.42 Å². The lowest BCUT2D eigenvalue weighted by molar-refractivity contribution is 0.203. The Kier molecular flexibility index (Phi) is 5.94. The third kappa shape index (κ3) is 4.31. The first-order valence-electron chi connectivity index (χ1n) is 7.65. The highest BCUT2D eigenvalue weighted by Crippen LogP contribution is 2.15. The summed E-state index contributed by atoms with van der Waals surface area (Å²) in [5.41, 5.74) is 0.937. The number of nitrogens with one attached hydrogen (secondary N) is 1. The molecule has 2 aromatic rings. The van der Waals surface area contributed by atoms with E-state index in [4.69, 9.17) is 4.52 Å². The fraction of sp³-hybridized carbons (Fsp3) is 0.438. The molecule has 0 aliphatic heterocycles. The zero-order valence-electron chi connectivity index (χ0n) is 13.1. The van der Waals surface area contributed by atoms with Gasteiger partial charge in [-0.3, -0.25) is 0 Å². The second-order valence-corrected chi connectivity index (χ2v) is 4.89. The maximum atomic E-state index is 11.8. The van der Waals surface area contributed by atoms with Gasteiger partial charge >= 0.3 is 6.03 Å². The number of urea groups is 1. The van der Waals surface area contributed by atoms with E-state index in [2.05, 4.69) is 15.5 Å². The largest absolute Gasteiger partial charge is 0.339 e. The molecule has 2 amide bonds. The van der Waals surface area contributed by atoms with Crippen LogP contribution in [-0.4, -0.2) is 40.7 Å². The molecule has 0 saturated carbocycles. The number of hydrogen-bond donors (Lipinski definition) is 1. The molecule has 6 heteroatoms. The predicted octanol–water partition coefficient (Wildman–Crippen LogP) is 2.72. The van der Waals surface area contributed by atoms with Crippen molar-refractivity contribution in [2.75, 3.05) is 19.6 Å².